The Hall–Kier alpha value is -3.56. The van der Waals surface area contributed by atoms with Crippen LogP contribution in [0.3, 0.4) is 0 Å². The van der Waals surface area contributed by atoms with Crippen LogP contribution >= 0.6 is 0 Å². The summed E-state index contributed by atoms with van der Waals surface area (Å²) in [6.45, 7) is 3.59. The van der Waals surface area contributed by atoms with Crippen molar-refractivity contribution in [2.45, 2.75) is 38.9 Å². The summed E-state index contributed by atoms with van der Waals surface area (Å²) in [6.07, 6.45) is 1.54. The van der Waals surface area contributed by atoms with Gasteiger partial charge in [-0.2, -0.15) is 13.2 Å². The summed E-state index contributed by atoms with van der Waals surface area (Å²) in [5, 5.41) is 0. The zero-order valence-electron chi connectivity index (χ0n) is 19.3. The number of aryl methyl sites for hydroxylation is 2. The number of ether oxygens (including phenoxy) is 1. The molecule has 1 saturated carbocycles. The zero-order valence-corrected chi connectivity index (χ0v) is 19.3. The summed E-state index contributed by atoms with van der Waals surface area (Å²) < 4.78 is 46.5. The third kappa shape index (κ3) is 4.69. The van der Waals surface area contributed by atoms with E-state index >= 15 is 0 Å². The minimum Gasteiger partial charge on any atom is -0.475 e. The van der Waals surface area contributed by atoms with Crippen molar-refractivity contribution in [2.24, 2.45) is 11.8 Å². The Morgan fingerprint density at radius 3 is 2.57 bits per heavy atom. The molecule has 1 saturated heterocycles. The van der Waals surface area contributed by atoms with Crippen molar-refractivity contribution in [1.29, 1.82) is 0 Å². The number of likely N-dealkylation sites (tertiary alicyclic amines) is 1. The largest absolute Gasteiger partial charge is 0.475 e. The van der Waals surface area contributed by atoms with Crippen LogP contribution in [0, 0.1) is 25.7 Å². The first-order valence-electron chi connectivity index (χ1n) is 11.4. The number of carbonyl (C=O) groups is 1. The van der Waals surface area contributed by atoms with Gasteiger partial charge >= 0.3 is 6.18 Å². The lowest BCUT2D eigenvalue weighted by Crippen LogP contribution is -2.48. The molecular formula is C25H24F3N5O2. The minimum absolute atomic E-state index is 0.0396. The Balaban J connectivity index is 1.43. The SMILES string of the molecule is Cc1ccc(-c2ncccn2)c(C(=O)N2C[C@H]3C[C@H]3C[C@H]2COc2nccc(C)c2C(F)(F)F)n1. The quantitative estimate of drug-likeness (QED) is 0.532. The maximum absolute atomic E-state index is 13.8. The van der Waals surface area contributed by atoms with Gasteiger partial charge in [0.25, 0.3) is 5.91 Å². The lowest BCUT2D eigenvalue weighted by molar-refractivity contribution is -0.139. The Bertz CT molecular complexity index is 1250. The van der Waals surface area contributed by atoms with E-state index in [2.05, 4.69) is 19.9 Å². The van der Waals surface area contributed by atoms with E-state index in [9.17, 15) is 18.0 Å². The van der Waals surface area contributed by atoms with Crippen LogP contribution in [0.5, 0.6) is 5.88 Å². The second-order valence-electron chi connectivity index (χ2n) is 9.14. The number of hydrogen-bond acceptors (Lipinski definition) is 6. The highest BCUT2D eigenvalue weighted by Gasteiger charge is 2.48. The molecule has 0 N–H and O–H groups in total. The number of rotatable bonds is 5. The molecular weight excluding hydrogens is 459 g/mol. The summed E-state index contributed by atoms with van der Waals surface area (Å²) in [7, 11) is 0. The lowest BCUT2D eigenvalue weighted by Gasteiger charge is -2.35. The molecule has 2 fully saturated rings. The van der Waals surface area contributed by atoms with Gasteiger partial charge in [0.1, 0.15) is 17.9 Å². The third-order valence-electron chi connectivity index (χ3n) is 6.64. The summed E-state index contributed by atoms with van der Waals surface area (Å²) >= 11 is 0. The van der Waals surface area contributed by atoms with Crippen LogP contribution in [-0.4, -0.2) is 49.9 Å². The molecule has 0 spiro atoms. The normalized spacial score (nSPS) is 21.4. The number of piperidine rings is 1. The average molecular weight is 483 g/mol. The van der Waals surface area contributed by atoms with E-state index in [1.165, 1.54) is 19.2 Å². The molecule has 5 rings (SSSR count). The fourth-order valence-electron chi connectivity index (χ4n) is 4.74. The van der Waals surface area contributed by atoms with Gasteiger partial charge in [0.2, 0.25) is 5.88 Å². The molecule has 0 aromatic carbocycles. The molecule has 3 aromatic rings. The first-order valence-corrected chi connectivity index (χ1v) is 11.4. The number of halogens is 3. The summed E-state index contributed by atoms with van der Waals surface area (Å²) in [5.74, 6) is 0.455. The number of amides is 1. The van der Waals surface area contributed by atoms with Crippen LogP contribution in [0.4, 0.5) is 13.2 Å². The van der Waals surface area contributed by atoms with Gasteiger partial charge in [-0.3, -0.25) is 4.79 Å². The number of hydrogen-bond donors (Lipinski definition) is 0. The minimum atomic E-state index is -4.59. The van der Waals surface area contributed by atoms with Crippen LogP contribution in [0.15, 0.2) is 42.9 Å². The van der Waals surface area contributed by atoms with Gasteiger partial charge in [0.15, 0.2) is 5.82 Å². The maximum atomic E-state index is 13.8. The van der Waals surface area contributed by atoms with E-state index in [4.69, 9.17) is 4.74 Å². The van der Waals surface area contributed by atoms with Crippen LogP contribution in [0.25, 0.3) is 11.4 Å². The molecule has 1 aliphatic heterocycles. The monoisotopic (exact) mass is 483 g/mol. The predicted octanol–water partition coefficient (Wildman–Crippen LogP) is 4.50. The van der Waals surface area contributed by atoms with Crippen molar-refractivity contribution < 1.29 is 22.7 Å². The first-order chi connectivity index (χ1) is 16.7. The summed E-state index contributed by atoms with van der Waals surface area (Å²) in [4.78, 5) is 32.3. The van der Waals surface area contributed by atoms with E-state index in [0.717, 1.165) is 6.42 Å². The molecule has 3 aromatic heterocycles. The van der Waals surface area contributed by atoms with Gasteiger partial charge in [-0.05, 0) is 68.4 Å². The molecule has 0 bridgehead atoms. The number of carbonyl (C=O) groups excluding carboxylic acids is 1. The van der Waals surface area contributed by atoms with E-state index in [1.807, 2.05) is 0 Å². The van der Waals surface area contributed by atoms with Gasteiger partial charge in [0.05, 0.1) is 11.6 Å². The summed E-state index contributed by atoms with van der Waals surface area (Å²) in [6, 6.07) is 6.15. The second kappa shape index (κ2) is 8.90. The second-order valence-corrected chi connectivity index (χ2v) is 9.14. The molecule has 7 nitrogen and oxygen atoms in total. The number of aromatic nitrogens is 4. The van der Waals surface area contributed by atoms with Crippen molar-refractivity contribution in [3.63, 3.8) is 0 Å². The predicted molar refractivity (Wildman–Crippen MR) is 121 cm³/mol. The zero-order chi connectivity index (χ0) is 24.7. The van der Waals surface area contributed by atoms with Crippen molar-refractivity contribution in [2.75, 3.05) is 13.2 Å². The standard InChI is InChI=1S/C25H24F3N5O2/c1-14-6-9-31-23(20(14)25(26,27)28)35-13-18-11-16-10-17(16)12-33(18)24(34)21-19(5-4-15(2)32-21)22-29-7-3-8-30-22/h3-9,16-18H,10-13H2,1-2H3/t16-,17+,18-/m0/s1. The van der Waals surface area contributed by atoms with Crippen LogP contribution in [0.2, 0.25) is 0 Å². The number of fused-ring (bicyclic) bond motifs is 1. The van der Waals surface area contributed by atoms with Crippen LogP contribution in [0.1, 0.15) is 40.2 Å². The van der Waals surface area contributed by atoms with Crippen molar-refractivity contribution in [1.82, 2.24) is 24.8 Å². The number of alkyl halides is 3. The molecule has 10 heteroatoms. The Labute approximate surface area is 200 Å². The molecule has 1 amide bonds. The Morgan fingerprint density at radius 2 is 1.83 bits per heavy atom. The topological polar surface area (TPSA) is 81.1 Å². The number of pyridine rings is 2. The first kappa shape index (κ1) is 23.2. The molecule has 2 aliphatic rings. The lowest BCUT2D eigenvalue weighted by atomic mass is 10.0. The fourth-order valence-corrected chi connectivity index (χ4v) is 4.74. The maximum Gasteiger partial charge on any atom is 0.421 e. The third-order valence-corrected chi connectivity index (χ3v) is 6.64. The highest BCUT2D eigenvalue weighted by atomic mass is 19.4. The van der Waals surface area contributed by atoms with Gasteiger partial charge in [-0.25, -0.2) is 19.9 Å². The van der Waals surface area contributed by atoms with Crippen molar-refractivity contribution in [3.8, 4) is 17.3 Å². The Morgan fingerprint density at radius 1 is 1.06 bits per heavy atom. The van der Waals surface area contributed by atoms with Crippen molar-refractivity contribution >= 4 is 5.91 Å². The van der Waals surface area contributed by atoms with Gasteiger partial charge < -0.3 is 9.64 Å². The average Bonchev–Trinajstić information content (AvgIpc) is 3.60. The van der Waals surface area contributed by atoms with E-state index < -0.39 is 23.7 Å². The molecule has 0 radical (unpaired) electrons. The highest BCUT2D eigenvalue weighted by Crippen LogP contribution is 2.47. The molecule has 182 valence electrons. The van der Waals surface area contributed by atoms with Crippen molar-refractivity contribution in [3.05, 3.63) is 65.4 Å². The molecule has 4 heterocycles. The Kier molecular flexibility index (Phi) is 5.90. The van der Waals surface area contributed by atoms with E-state index in [-0.39, 0.29) is 23.8 Å². The van der Waals surface area contributed by atoms with Crippen LogP contribution in [-0.2, 0) is 6.18 Å². The number of nitrogens with zero attached hydrogens (tertiary/aromatic N) is 5. The fraction of sp³-hybridized carbons (Fsp3) is 0.400. The molecule has 0 unspecified atom stereocenters. The molecule has 35 heavy (non-hydrogen) atoms. The molecule has 3 atom stereocenters. The van der Waals surface area contributed by atoms with Gasteiger partial charge in [-0.1, -0.05) is 0 Å². The van der Waals surface area contributed by atoms with E-state index in [0.29, 0.717) is 41.9 Å². The summed E-state index contributed by atoms with van der Waals surface area (Å²) in [5.41, 5.74) is 0.559. The van der Waals surface area contributed by atoms with E-state index in [1.54, 1.807) is 42.4 Å². The highest BCUT2D eigenvalue weighted by molar-refractivity contribution is 5.98. The smallest absolute Gasteiger partial charge is 0.421 e. The molecule has 1 aliphatic carbocycles. The van der Waals surface area contributed by atoms with Gasteiger partial charge in [0, 0.05) is 30.8 Å². The van der Waals surface area contributed by atoms with Crippen LogP contribution < -0.4 is 4.74 Å². The van der Waals surface area contributed by atoms with Gasteiger partial charge in [-0.15, -0.1) is 0 Å².